The third kappa shape index (κ3) is 4.61. The van der Waals surface area contributed by atoms with Crippen molar-refractivity contribution in [2.45, 2.75) is 0 Å². The number of benzene rings is 1. The molecule has 0 saturated carbocycles. The molecule has 4 heterocycles. The summed E-state index contributed by atoms with van der Waals surface area (Å²) in [6, 6.07) is 6.75. The molecule has 0 bridgehead atoms. The summed E-state index contributed by atoms with van der Waals surface area (Å²) in [5.74, 6) is -0.444. The summed E-state index contributed by atoms with van der Waals surface area (Å²) in [4.78, 5) is 31.1. The molecule has 4 aromatic heterocycles. The summed E-state index contributed by atoms with van der Waals surface area (Å²) in [7, 11) is 3.34. The summed E-state index contributed by atoms with van der Waals surface area (Å²) in [6.07, 6.45) is 7.20. The number of nitrogens with zero attached hydrogens (tertiary/aromatic N) is 5. The van der Waals surface area contributed by atoms with Crippen LogP contribution in [0.3, 0.4) is 0 Å². The van der Waals surface area contributed by atoms with Crippen LogP contribution in [0.5, 0.6) is 0 Å². The average Bonchev–Trinajstić information content (AvgIpc) is 3.62. The van der Waals surface area contributed by atoms with Gasteiger partial charge in [0.25, 0.3) is 11.8 Å². The summed E-state index contributed by atoms with van der Waals surface area (Å²) in [5.41, 5.74) is 3.98. The lowest BCUT2D eigenvalue weighted by Crippen LogP contribution is -2.35. The molecule has 182 valence electrons. The Balaban J connectivity index is 1.34. The normalized spacial score (nSPS) is 11.0. The van der Waals surface area contributed by atoms with Crippen molar-refractivity contribution in [2.24, 2.45) is 7.05 Å². The van der Waals surface area contributed by atoms with E-state index in [1.807, 2.05) is 19.3 Å². The molecular formula is C23H20ClN9O3. The van der Waals surface area contributed by atoms with Crippen molar-refractivity contribution in [3.05, 3.63) is 59.6 Å². The summed E-state index contributed by atoms with van der Waals surface area (Å²) in [5, 5.41) is 21.4. The van der Waals surface area contributed by atoms with Crippen LogP contribution < -0.4 is 16.0 Å². The van der Waals surface area contributed by atoms with Crippen LogP contribution in [0.1, 0.15) is 10.4 Å². The number of aromatic nitrogens is 6. The van der Waals surface area contributed by atoms with Crippen LogP contribution in [-0.2, 0) is 11.8 Å². The predicted octanol–water partition coefficient (Wildman–Crippen LogP) is 2.89. The molecule has 0 saturated heterocycles. The van der Waals surface area contributed by atoms with Crippen molar-refractivity contribution in [3.63, 3.8) is 0 Å². The number of amides is 2. The highest BCUT2D eigenvalue weighted by molar-refractivity contribution is 6.33. The number of H-pyrrole nitrogens is 1. The van der Waals surface area contributed by atoms with Gasteiger partial charge in [-0.1, -0.05) is 16.7 Å². The first-order valence-electron chi connectivity index (χ1n) is 10.8. The SMILES string of the molecule is CNC(=O)CNC(=O)c1ccc(Nc2nnc(-c3c[nH]c4ncc(-c5cnn(C)c5)cc34)o2)c(Cl)c1. The second-order valence-electron chi connectivity index (χ2n) is 7.81. The predicted molar refractivity (Wildman–Crippen MR) is 133 cm³/mol. The Morgan fingerprint density at radius 3 is 2.78 bits per heavy atom. The number of anilines is 2. The number of rotatable bonds is 7. The van der Waals surface area contributed by atoms with Gasteiger partial charge in [-0.25, -0.2) is 4.98 Å². The Labute approximate surface area is 209 Å². The lowest BCUT2D eigenvalue weighted by atomic mass is 10.1. The molecule has 0 aliphatic carbocycles. The van der Waals surface area contributed by atoms with E-state index in [4.69, 9.17) is 16.0 Å². The molecule has 5 aromatic rings. The Kier molecular flexibility index (Phi) is 6.09. The molecule has 36 heavy (non-hydrogen) atoms. The Morgan fingerprint density at radius 1 is 1.17 bits per heavy atom. The zero-order valence-corrected chi connectivity index (χ0v) is 19.9. The molecule has 5 rings (SSSR count). The van der Waals surface area contributed by atoms with E-state index >= 15 is 0 Å². The summed E-state index contributed by atoms with van der Waals surface area (Å²) < 4.78 is 7.54. The fourth-order valence-corrected chi connectivity index (χ4v) is 3.74. The van der Waals surface area contributed by atoms with Crippen LogP contribution in [0.2, 0.25) is 5.02 Å². The van der Waals surface area contributed by atoms with Crippen LogP contribution in [0.4, 0.5) is 11.7 Å². The molecule has 4 N–H and O–H groups in total. The highest BCUT2D eigenvalue weighted by atomic mass is 35.5. The van der Waals surface area contributed by atoms with Crippen molar-refractivity contribution in [3.8, 4) is 22.6 Å². The minimum atomic E-state index is -0.425. The van der Waals surface area contributed by atoms with E-state index in [9.17, 15) is 9.59 Å². The van der Waals surface area contributed by atoms with Gasteiger partial charge in [-0.05, 0) is 24.3 Å². The second kappa shape index (κ2) is 9.50. The first kappa shape index (κ1) is 23.1. The smallest absolute Gasteiger partial charge is 0.320 e. The third-order valence-electron chi connectivity index (χ3n) is 5.39. The first-order valence-corrected chi connectivity index (χ1v) is 11.1. The maximum absolute atomic E-state index is 12.2. The number of halogens is 1. The molecule has 12 nitrogen and oxygen atoms in total. The maximum Gasteiger partial charge on any atom is 0.320 e. The van der Waals surface area contributed by atoms with Gasteiger partial charge in [0.1, 0.15) is 5.65 Å². The number of carbonyl (C=O) groups excluding carboxylic acids is 2. The zero-order chi connectivity index (χ0) is 25.2. The topological polar surface area (TPSA) is 156 Å². The van der Waals surface area contributed by atoms with Gasteiger partial charge in [-0.2, -0.15) is 5.10 Å². The van der Waals surface area contributed by atoms with E-state index in [0.717, 1.165) is 16.5 Å². The average molecular weight is 506 g/mol. The lowest BCUT2D eigenvalue weighted by molar-refractivity contribution is -0.119. The molecule has 0 aliphatic rings. The number of hydrogen-bond acceptors (Lipinski definition) is 8. The fourth-order valence-electron chi connectivity index (χ4n) is 3.51. The number of pyridine rings is 1. The van der Waals surface area contributed by atoms with E-state index < -0.39 is 5.91 Å². The van der Waals surface area contributed by atoms with Crippen LogP contribution in [0, 0.1) is 0 Å². The monoisotopic (exact) mass is 505 g/mol. The molecule has 1 aromatic carbocycles. The van der Waals surface area contributed by atoms with Gasteiger partial charge in [0.05, 0.1) is 29.0 Å². The maximum atomic E-state index is 12.2. The minimum absolute atomic E-state index is 0.120. The number of fused-ring (bicyclic) bond motifs is 1. The van der Waals surface area contributed by atoms with Gasteiger partial charge in [0.15, 0.2) is 0 Å². The van der Waals surface area contributed by atoms with Crippen molar-refractivity contribution in [1.29, 1.82) is 0 Å². The molecule has 0 unspecified atom stereocenters. The number of nitrogens with one attached hydrogen (secondary N) is 4. The minimum Gasteiger partial charge on any atom is -0.403 e. The number of carbonyl (C=O) groups is 2. The number of aromatic amines is 1. The van der Waals surface area contributed by atoms with Crippen LogP contribution >= 0.6 is 11.6 Å². The molecule has 13 heteroatoms. The van der Waals surface area contributed by atoms with Crippen molar-refractivity contribution in [2.75, 3.05) is 18.9 Å². The highest BCUT2D eigenvalue weighted by Crippen LogP contribution is 2.32. The van der Waals surface area contributed by atoms with Crippen LogP contribution in [0.25, 0.3) is 33.6 Å². The fraction of sp³-hybridized carbons (Fsp3) is 0.130. The van der Waals surface area contributed by atoms with Gasteiger partial charge in [0, 0.05) is 54.8 Å². The van der Waals surface area contributed by atoms with Crippen molar-refractivity contribution < 1.29 is 14.0 Å². The molecule has 0 aliphatic heterocycles. The Morgan fingerprint density at radius 2 is 2.03 bits per heavy atom. The van der Waals surface area contributed by atoms with Crippen LogP contribution in [0.15, 0.2) is 53.5 Å². The molecule has 2 amide bonds. The van der Waals surface area contributed by atoms with Gasteiger partial charge in [0.2, 0.25) is 5.91 Å². The molecule has 0 fully saturated rings. The molecular weight excluding hydrogens is 486 g/mol. The largest absolute Gasteiger partial charge is 0.403 e. The van der Waals surface area contributed by atoms with Gasteiger partial charge < -0.3 is 25.4 Å². The van der Waals surface area contributed by atoms with E-state index in [1.54, 1.807) is 35.4 Å². The molecule has 0 atom stereocenters. The third-order valence-corrected chi connectivity index (χ3v) is 5.70. The lowest BCUT2D eigenvalue weighted by Gasteiger charge is -2.08. The van der Waals surface area contributed by atoms with Gasteiger partial charge >= 0.3 is 6.01 Å². The van der Waals surface area contributed by atoms with E-state index in [0.29, 0.717) is 22.5 Å². The summed E-state index contributed by atoms with van der Waals surface area (Å²) in [6.45, 7) is -0.134. The quantitative estimate of drug-likeness (QED) is 0.263. The van der Waals surface area contributed by atoms with E-state index in [2.05, 4.69) is 41.2 Å². The van der Waals surface area contributed by atoms with Crippen LogP contribution in [-0.4, -0.2) is 55.4 Å². The number of likely N-dealkylation sites (N-methyl/N-ethyl adjacent to an activating group) is 1. The standard InChI is InChI=1S/C23H20ClN9O3/c1-25-19(34)10-28-21(35)12-3-4-18(17(24)6-12)30-23-32-31-22(36-23)16-9-27-20-15(16)5-13(7-26-20)14-8-29-33(2)11-14/h3-9,11H,10H2,1-2H3,(H,25,34)(H,26,27)(H,28,35)(H,30,32). The van der Waals surface area contributed by atoms with Crippen molar-refractivity contribution in [1.82, 2.24) is 40.6 Å². The molecule has 0 spiro atoms. The summed E-state index contributed by atoms with van der Waals surface area (Å²) >= 11 is 6.34. The van der Waals surface area contributed by atoms with Gasteiger partial charge in [-0.15, -0.1) is 5.10 Å². The molecule has 0 radical (unpaired) electrons. The van der Waals surface area contributed by atoms with Gasteiger partial charge in [-0.3, -0.25) is 14.3 Å². The second-order valence-corrected chi connectivity index (χ2v) is 8.22. The Bertz CT molecular complexity index is 1590. The first-order chi connectivity index (χ1) is 17.4. The number of aryl methyl sites for hydroxylation is 1. The van der Waals surface area contributed by atoms with Crippen molar-refractivity contribution >= 4 is 46.2 Å². The van der Waals surface area contributed by atoms with E-state index in [-0.39, 0.29) is 29.4 Å². The zero-order valence-electron chi connectivity index (χ0n) is 19.2. The number of hydrogen-bond donors (Lipinski definition) is 4. The van der Waals surface area contributed by atoms with E-state index in [1.165, 1.54) is 13.1 Å². The highest BCUT2D eigenvalue weighted by Gasteiger charge is 2.17. The Hall–Kier alpha value is -4.71.